The van der Waals surface area contributed by atoms with Crippen molar-refractivity contribution < 1.29 is 0 Å². The first kappa shape index (κ1) is 26.2. The third-order valence-electron chi connectivity index (χ3n) is 8.97. The van der Waals surface area contributed by atoms with Crippen molar-refractivity contribution >= 4 is 28.1 Å². The van der Waals surface area contributed by atoms with E-state index in [2.05, 4.69) is 185 Å². The lowest BCUT2D eigenvalue weighted by Gasteiger charge is -2.27. The van der Waals surface area contributed by atoms with E-state index in [4.69, 9.17) is 4.98 Å². The molecule has 1 aliphatic rings. The summed E-state index contributed by atoms with van der Waals surface area (Å²) in [5.74, 6) is 0.917. The average Bonchev–Trinajstić information content (AvgIpc) is 3.47. The van der Waals surface area contributed by atoms with Crippen LogP contribution in [-0.4, -0.2) is 9.55 Å². The fourth-order valence-electron chi connectivity index (χ4n) is 6.91. The van der Waals surface area contributed by atoms with Crippen molar-refractivity contribution in [1.82, 2.24) is 9.55 Å². The Balaban J connectivity index is 1.22. The van der Waals surface area contributed by atoms with Gasteiger partial charge in [0.2, 0.25) is 0 Å². The maximum Gasteiger partial charge on any atom is 0.145 e. The van der Waals surface area contributed by atoms with E-state index in [1.807, 2.05) is 0 Å². The largest absolute Gasteiger partial charge is 0.309 e. The van der Waals surface area contributed by atoms with Crippen LogP contribution in [0.4, 0.5) is 17.1 Å². The first-order valence-corrected chi connectivity index (χ1v) is 15.7. The van der Waals surface area contributed by atoms with Crippen LogP contribution < -0.4 is 4.90 Å². The minimum absolute atomic E-state index is 0.917. The second kappa shape index (κ2) is 10.8. The van der Waals surface area contributed by atoms with Crippen molar-refractivity contribution in [3.8, 4) is 50.5 Å². The minimum atomic E-state index is 0.917. The molecule has 3 heteroatoms. The first-order chi connectivity index (χ1) is 22.8. The lowest BCUT2D eigenvalue weighted by atomic mass is 9.95. The first-order valence-electron chi connectivity index (χ1n) is 15.7. The standard InChI is InChI=1S/C43H29N3/c1-2-14-30(15-3-1)33-16-6-10-22-39(33)46-42-25-13-9-21-38(42)44-43(46)31-26-28-32(29-27-31)45-40-23-11-7-19-36(40)34-17-4-5-18-35(34)37-20-8-12-24-41(37)45/h1-29H. The Morgan fingerprint density at radius 2 is 0.848 bits per heavy atom. The lowest BCUT2D eigenvalue weighted by molar-refractivity contribution is 1.10. The highest BCUT2D eigenvalue weighted by Crippen LogP contribution is 2.50. The Hall–Kier alpha value is -6.19. The van der Waals surface area contributed by atoms with Gasteiger partial charge >= 0.3 is 0 Å². The molecule has 0 amide bonds. The van der Waals surface area contributed by atoms with Crippen molar-refractivity contribution in [3.05, 3.63) is 176 Å². The summed E-state index contributed by atoms with van der Waals surface area (Å²) in [5, 5.41) is 0. The average molecular weight is 588 g/mol. The van der Waals surface area contributed by atoms with Crippen molar-refractivity contribution in [2.24, 2.45) is 0 Å². The van der Waals surface area contributed by atoms with Crippen molar-refractivity contribution in [2.45, 2.75) is 0 Å². The summed E-state index contributed by atoms with van der Waals surface area (Å²) in [5.41, 5.74) is 14.9. The van der Waals surface area contributed by atoms with Gasteiger partial charge in [0.05, 0.1) is 28.1 Å². The Bertz CT molecular complexity index is 2300. The molecule has 216 valence electrons. The molecule has 0 fully saturated rings. The summed E-state index contributed by atoms with van der Waals surface area (Å²) >= 11 is 0. The van der Waals surface area contributed by atoms with Gasteiger partial charge in [0.1, 0.15) is 5.82 Å². The molecule has 0 N–H and O–H groups in total. The van der Waals surface area contributed by atoms with Crippen molar-refractivity contribution in [3.63, 3.8) is 0 Å². The fourth-order valence-corrected chi connectivity index (χ4v) is 6.91. The molecule has 7 aromatic carbocycles. The molecule has 0 radical (unpaired) electrons. The normalized spacial score (nSPS) is 11.9. The maximum atomic E-state index is 5.20. The third-order valence-corrected chi connectivity index (χ3v) is 8.97. The predicted molar refractivity (Wildman–Crippen MR) is 191 cm³/mol. The van der Waals surface area contributed by atoms with Crippen molar-refractivity contribution in [2.75, 3.05) is 4.90 Å². The van der Waals surface area contributed by atoms with Gasteiger partial charge in [-0.3, -0.25) is 4.57 Å². The molecule has 1 aliphatic heterocycles. The lowest BCUT2D eigenvalue weighted by Crippen LogP contribution is -2.10. The van der Waals surface area contributed by atoms with E-state index in [0.717, 1.165) is 45.2 Å². The molecule has 2 heterocycles. The molecule has 0 atom stereocenters. The second-order valence-corrected chi connectivity index (χ2v) is 11.6. The van der Waals surface area contributed by atoms with E-state index >= 15 is 0 Å². The van der Waals surface area contributed by atoms with Gasteiger partial charge in [0, 0.05) is 27.9 Å². The molecule has 0 bridgehead atoms. The Morgan fingerprint density at radius 3 is 1.50 bits per heavy atom. The quantitative estimate of drug-likeness (QED) is 0.204. The molecule has 0 saturated carbocycles. The third kappa shape index (κ3) is 4.17. The Kier molecular flexibility index (Phi) is 6.14. The number of benzene rings is 7. The Labute approximate surface area is 268 Å². The number of nitrogens with zero attached hydrogens (tertiary/aromatic N) is 3. The highest BCUT2D eigenvalue weighted by atomic mass is 15.2. The van der Waals surface area contributed by atoms with Crippen LogP contribution in [0, 0.1) is 0 Å². The number of imidazole rings is 1. The number of aromatic nitrogens is 2. The van der Waals surface area contributed by atoms with E-state index < -0.39 is 0 Å². The molecule has 0 aliphatic carbocycles. The van der Waals surface area contributed by atoms with Gasteiger partial charge in [-0.1, -0.05) is 121 Å². The van der Waals surface area contributed by atoms with Crippen LogP contribution >= 0.6 is 0 Å². The van der Waals surface area contributed by atoms with Gasteiger partial charge in [-0.15, -0.1) is 0 Å². The molecule has 0 unspecified atom stereocenters. The minimum Gasteiger partial charge on any atom is -0.309 e. The van der Waals surface area contributed by atoms with E-state index in [1.165, 1.54) is 33.4 Å². The van der Waals surface area contributed by atoms with E-state index in [1.54, 1.807) is 0 Å². The van der Waals surface area contributed by atoms with Gasteiger partial charge in [-0.05, 0) is 71.3 Å². The second-order valence-electron chi connectivity index (χ2n) is 11.6. The number of fused-ring (bicyclic) bond motifs is 6. The van der Waals surface area contributed by atoms with Gasteiger partial charge in [-0.25, -0.2) is 4.98 Å². The topological polar surface area (TPSA) is 21.1 Å². The Morgan fingerprint density at radius 1 is 0.348 bits per heavy atom. The molecule has 0 saturated heterocycles. The zero-order chi connectivity index (χ0) is 30.5. The zero-order valence-electron chi connectivity index (χ0n) is 25.1. The summed E-state index contributed by atoms with van der Waals surface area (Å²) in [6, 6.07) is 62.6. The predicted octanol–water partition coefficient (Wildman–Crippen LogP) is 11.5. The molecule has 3 nitrogen and oxygen atoms in total. The van der Waals surface area contributed by atoms with Crippen LogP contribution in [0.15, 0.2) is 176 Å². The number of hydrogen-bond donors (Lipinski definition) is 0. The molecule has 8 aromatic rings. The van der Waals surface area contributed by atoms with E-state index in [9.17, 15) is 0 Å². The zero-order valence-corrected chi connectivity index (χ0v) is 25.1. The van der Waals surface area contributed by atoms with Crippen LogP contribution in [0.25, 0.3) is 61.5 Å². The molecule has 1 aromatic heterocycles. The number of anilines is 3. The van der Waals surface area contributed by atoms with Crippen LogP contribution in [0.5, 0.6) is 0 Å². The highest BCUT2D eigenvalue weighted by Gasteiger charge is 2.26. The number of para-hydroxylation sites is 5. The maximum absolute atomic E-state index is 5.20. The van der Waals surface area contributed by atoms with Gasteiger partial charge < -0.3 is 4.90 Å². The van der Waals surface area contributed by atoms with E-state index in [0.29, 0.717) is 0 Å². The summed E-state index contributed by atoms with van der Waals surface area (Å²) in [6.07, 6.45) is 0. The number of rotatable bonds is 4. The number of hydrogen-bond acceptors (Lipinski definition) is 2. The summed E-state index contributed by atoms with van der Waals surface area (Å²) < 4.78 is 2.31. The molecular weight excluding hydrogens is 558 g/mol. The summed E-state index contributed by atoms with van der Waals surface area (Å²) in [4.78, 5) is 7.59. The molecule has 46 heavy (non-hydrogen) atoms. The molecule has 0 spiro atoms. The molecular formula is C43H29N3. The smallest absolute Gasteiger partial charge is 0.145 e. The van der Waals surface area contributed by atoms with Crippen LogP contribution in [0.3, 0.4) is 0 Å². The van der Waals surface area contributed by atoms with Crippen LogP contribution in [0.1, 0.15) is 0 Å². The van der Waals surface area contributed by atoms with Crippen LogP contribution in [0.2, 0.25) is 0 Å². The van der Waals surface area contributed by atoms with Gasteiger partial charge in [0.25, 0.3) is 0 Å². The van der Waals surface area contributed by atoms with Crippen LogP contribution in [-0.2, 0) is 0 Å². The summed E-state index contributed by atoms with van der Waals surface area (Å²) in [7, 11) is 0. The van der Waals surface area contributed by atoms with E-state index in [-0.39, 0.29) is 0 Å². The fraction of sp³-hybridized carbons (Fsp3) is 0. The monoisotopic (exact) mass is 587 g/mol. The SMILES string of the molecule is c1ccc(-c2ccccc2-n2c(-c3ccc(N4c5ccccc5-c5ccccc5-c5ccccc54)cc3)nc3ccccc32)cc1. The van der Waals surface area contributed by atoms with Gasteiger partial charge in [0.15, 0.2) is 0 Å². The highest BCUT2D eigenvalue weighted by molar-refractivity contribution is 6.02. The van der Waals surface area contributed by atoms with Gasteiger partial charge in [-0.2, -0.15) is 0 Å². The van der Waals surface area contributed by atoms with Crippen molar-refractivity contribution in [1.29, 1.82) is 0 Å². The summed E-state index contributed by atoms with van der Waals surface area (Å²) in [6.45, 7) is 0. The molecule has 9 rings (SSSR count).